The molecule has 0 aromatic rings. The van der Waals surface area contributed by atoms with Crippen molar-refractivity contribution in [2.75, 3.05) is 52.5 Å². The smallest absolute Gasteiger partial charge is 0.263 e. The second-order valence-electron chi connectivity index (χ2n) is 4.93. The number of rotatable bonds is 8. The summed E-state index contributed by atoms with van der Waals surface area (Å²) in [6.07, 6.45) is 2.44. The Morgan fingerprint density at radius 2 is 2.05 bits per heavy atom. The van der Waals surface area contributed by atoms with E-state index in [9.17, 15) is 4.79 Å². The van der Waals surface area contributed by atoms with E-state index in [0.717, 1.165) is 39.1 Å². The molecule has 0 spiro atoms. The maximum absolute atomic E-state index is 11.9. The van der Waals surface area contributed by atoms with Gasteiger partial charge < -0.3 is 19.9 Å². The molecule has 1 aliphatic rings. The van der Waals surface area contributed by atoms with E-state index < -0.39 is 0 Å². The third kappa shape index (κ3) is 6.61. The maximum Gasteiger partial charge on any atom is 0.263 e. The number of likely N-dealkylation sites (N-methyl/N-ethyl adjacent to an activating group) is 1. The van der Waals surface area contributed by atoms with Crippen molar-refractivity contribution in [1.29, 1.82) is 5.26 Å². The molecule has 0 aliphatic carbocycles. The first-order valence-corrected chi connectivity index (χ1v) is 7.65. The van der Waals surface area contributed by atoms with Gasteiger partial charge in [-0.15, -0.1) is 0 Å². The van der Waals surface area contributed by atoms with Crippen LogP contribution in [-0.2, 0) is 9.53 Å². The van der Waals surface area contributed by atoms with Crippen LogP contribution in [0.25, 0.3) is 0 Å². The predicted octanol–water partition coefficient (Wildman–Crippen LogP) is 0.574. The van der Waals surface area contributed by atoms with E-state index in [-0.39, 0.29) is 11.5 Å². The van der Waals surface area contributed by atoms with Crippen molar-refractivity contribution in [2.24, 2.45) is 0 Å². The number of nitrogens with zero attached hydrogens (tertiary/aromatic N) is 3. The van der Waals surface area contributed by atoms with Crippen molar-refractivity contribution in [1.82, 2.24) is 15.1 Å². The highest BCUT2D eigenvalue weighted by atomic mass is 16.5. The largest absolute Gasteiger partial charge is 0.382 e. The lowest BCUT2D eigenvalue weighted by Gasteiger charge is -2.33. The lowest BCUT2D eigenvalue weighted by atomic mass is 10.2. The Labute approximate surface area is 127 Å². The minimum atomic E-state index is -0.299. The summed E-state index contributed by atoms with van der Waals surface area (Å²) in [6.45, 7) is 10.6. The molecule has 1 fully saturated rings. The Kier molecular flexibility index (Phi) is 8.48. The zero-order valence-corrected chi connectivity index (χ0v) is 13.1. The lowest BCUT2D eigenvalue weighted by Crippen LogP contribution is -2.44. The Bertz CT molecular complexity index is 382. The third-order valence-electron chi connectivity index (χ3n) is 3.49. The molecule has 118 valence electrons. The fraction of sp³-hybridized carbons (Fsp3) is 0.733. The first kappa shape index (κ1) is 17.5. The molecule has 1 saturated heterocycles. The standard InChI is InChI=1S/C15H26N4O2/c1-3-18-7-9-19(10-8-18)13-14(12-16)15(20)17-6-5-11-21-4-2/h13H,3-11H2,1-2H3,(H,17,20)/b14-13-. The van der Waals surface area contributed by atoms with Crippen LogP contribution in [0.3, 0.4) is 0 Å². The van der Waals surface area contributed by atoms with Gasteiger partial charge in [0.15, 0.2) is 0 Å². The van der Waals surface area contributed by atoms with Gasteiger partial charge in [-0.25, -0.2) is 0 Å². The molecule has 0 radical (unpaired) electrons. The topological polar surface area (TPSA) is 68.6 Å². The Balaban J connectivity index is 2.37. The molecule has 6 heteroatoms. The second kappa shape index (κ2) is 10.2. The second-order valence-corrected chi connectivity index (χ2v) is 4.93. The van der Waals surface area contributed by atoms with Gasteiger partial charge >= 0.3 is 0 Å². The molecule has 1 N–H and O–H groups in total. The lowest BCUT2D eigenvalue weighted by molar-refractivity contribution is -0.117. The van der Waals surface area contributed by atoms with Crippen molar-refractivity contribution in [3.05, 3.63) is 11.8 Å². The summed E-state index contributed by atoms with van der Waals surface area (Å²) >= 11 is 0. The molecule has 1 aliphatic heterocycles. The predicted molar refractivity (Wildman–Crippen MR) is 81.5 cm³/mol. The van der Waals surface area contributed by atoms with Gasteiger partial charge in [-0.3, -0.25) is 4.79 Å². The molecular weight excluding hydrogens is 268 g/mol. The minimum absolute atomic E-state index is 0.177. The highest BCUT2D eigenvalue weighted by Crippen LogP contribution is 2.04. The van der Waals surface area contributed by atoms with Gasteiger partial charge in [-0.2, -0.15) is 5.26 Å². The summed E-state index contributed by atoms with van der Waals surface area (Å²) in [7, 11) is 0. The molecule has 0 saturated carbocycles. The number of nitriles is 1. The molecule has 1 heterocycles. The van der Waals surface area contributed by atoms with Crippen LogP contribution in [0.15, 0.2) is 11.8 Å². The molecule has 0 bridgehead atoms. The van der Waals surface area contributed by atoms with Crippen molar-refractivity contribution in [3.8, 4) is 6.07 Å². The number of carbonyl (C=O) groups is 1. The third-order valence-corrected chi connectivity index (χ3v) is 3.49. The van der Waals surface area contributed by atoms with E-state index >= 15 is 0 Å². The van der Waals surface area contributed by atoms with Crippen molar-refractivity contribution < 1.29 is 9.53 Å². The van der Waals surface area contributed by atoms with Crippen molar-refractivity contribution in [3.63, 3.8) is 0 Å². The van der Waals surface area contributed by atoms with Crippen LogP contribution >= 0.6 is 0 Å². The number of ether oxygens (including phenoxy) is 1. The SMILES string of the molecule is CCOCCCNC(=O)/C(C#N)=C\N1CCN(CC)CC1. The normalized spacial score (nSPS) is 16.6. The van der Waals surface area contributed by atoms with E-state index in [1.807, 2.05) is 17.9 Å². The van der Waals surface area contributed by atoms with Crippen LogP contribution in [0.5, 0.6) is 0 Å². The van der Waals surface area contributed by atoms with Gasteiger partial charge in [-0.1, -0.05) is 6.92 Å². The van der Waals surface area contributed by atoms with Gasteiger partial charge in [0, 0.05) is 52.1 Å². The summed E-state index contributed by atoms with van der Waals surface area (Å²) in [5.74, 6) is -0.299. The maximum atomic E-state index is 11.9. The first-order valence-electron chi connectivity index (χ1n) is 7.65. The fourth-order valence-corrected chi connectivity index (χ4v) is 2.15. The van der Waals surface area contributed by atoms with E-state index in [1.165, 1.54) is 0 Å². The van der Waals surface area contributed by atoms with Crippen LogP contribution < -0.4 is 5.32 Å². The number of hydrogen-bond donors (Lipinski definition) is 1. The zero-order chi connectivity index (χ0) is 15.5. The number of piperazine rings is 1. The summed E-state index contributed by atoms with van der Waals surface area (Å²) in [6, 6.07) is 1.99. The molecule has 0 aromatic heterocycles. The zero-order valence-electron chi connectivity index (χ0n) is 13.1. The number of hydrogen-bond acceptors (Lipinski definition) is 5. The molecule has 0 aromatic carbocycles. The Hall–Kier alpha value is -1.58. The Morgan fingerprint density at radius 1 is 1.33 bits per heavy atom. The highest BCUT2D eigenvalue weighted by molar-refractivity contribution is 5.97. The van der Waals surface area contributed by atoms with Gasteiger partial charge in [-0.05, 0) is 19.9 Å². The summed E-state index contributed by atoms with van der Waals surface area (Å²) in [4.78, 5) is 16.3. The number of carbonyl (C=O) groups excluding carboxylic acids is 1. The monoisotopic (exact) mass is 294 g/mol. The van der Waals surface area contributed by atoms with Crippen LogP contribution in [0.1, 0.15) is 20.3 Å². The van der Waals surface area contributed by atoms with Crippen LogP contribution in [0.4, 0.5) is 0 Å². The number of amides is 1. The van der Waals surface area contributed by atoms with E-state index in [0.29, 0.717) is 19.8 Å². The van der Waals surface area contributed by atoms with Crippen LogP contribution in [-0.4, -0.2) is 68.2 Å². The van der Waals surface area contributed by atoms with Gasteiger partial charge in [0.1, 0.15) is 11.6 Å². The fourth-order valence-electron chi connectivity index (χ4n) is 2.15. The van der Waals surface area contributed by atoms with E-state index in [1.54, 1.807) is 6.20 Å². The molecule has 0 atom stereocenters. The van der Waals surface area contributed by atoms with Crippen LogP contribution in [0.2, 0.25) is 0 Å². The van der Waals surface area contributed by atoms with Gasteiger partial charge in [0.05, 0.1) is 0 Å². The van der Waals surface area contributed by atoms with Gasteiger partial charge in [0.25, 0.3) is 5.91 Å². The quantitative estimate of drug-likeness (QED) is 0.403. The van der Waals surface area contributed by atoms with E-state index in [2.05, 4.69) is 17.1 Å². The summed E-state index contributed by atoms with van der Waals surface area (Å²) in [5, 5.41) is 11.9. The first-order chi connectivity index (χ1) is 10.2. The molecule has 21 heavy (non-hydrogen) atoms. The minimum Gasteiger partial charge on any atom is -0.382 e. The van der Waals surface area contributed by atoms with E-state index in [4.69, 9.17) is 10.00 Å². The summed E-state index contributed by atoms with van der Waals surface area (Å²) < 4.78 is 5.20. The van der Waals surface area contributed by atoms with Crippen molar-refractivity contribution in [2.45, 2.75) is 20.3 Å². The molecule has 6 nitrogen and oxygen atoms in total. The molecule has 0 unspecified atom stereocenters. The van der Waals surface area contributed by atoms with Crippen molar-refractivity contribution >= 4 is 5.91 Å². The Morgan fingerprint density at radius 3 is 2.62 bits per heavy atom. The highest BCUT2D eigenvalue weighted by Gasteiger charge is 2.15. The number of nitrogens with one attached hydrogen (secondary N) is 1. The molecule has 1 rings (SSSR count). The molecule has 1 amide bonds. The van der Waals surface area contributed by atoms with Gasteiger partial charge in [0.2, 0.25) is 0 Å². The average Bonchev–Trinajstić information content (AvgIpc) is 2.52. The molecular formula is C15H26N4O2. The average molecular weight is 294 g/mol. The summed E-state index contributed by atoms with van der Waals surface area (Å²) in [5.41, 5.74) is 0.177. The van der Waals surface area contributed by atoms with Crippen LogP contribution in [0, 0.1) is 11.3 Å².